The first-order valence-corrected chi connectivity index (χ1v) is 13.3. The lowest BCUT2D eigenvalue weighted by Crippen LogP contribution is -2.39. The lowest BCUT2D eigenvalue weighted by molar-refractivity contribution is 0.182. The predicted molar refractivity (Wildman–Crippen MR) is 125 cm³/mol. The van der Waals surface area contributed by atoms with Crippen molar-refractivity contribution in [2.75, 3.05) is 26.8 Å². The van der Waals surface area contributed by atoms with Crippen LogP contribution in [-0.2, 0) is 27.1 Å². The zero-order chi connectivity index (χ0) is 23.3. The Hall–Kier alpha value is -2.27. The molecule has 2 aromatic carbocycles. The third kappa shape index (κ3) is 5.63. The van der Waals surface area contributed by atoms with Gasteiger partial charge in [0.1, 0.15) is 11.6 Å². The molecule has 33 heavy (non-hydrogen) atoms. The number of hydrogen-bond acceptors (Lipinski definition) is 6. The molecule has 1 aromatic heterocycles. The fraction of sp³-hybridized carbons (Fsp3) is 0.391. The topological polar surface area (TPSA) is 77.3 Å². The maximum atomic E-state index is 13.2. The summed E-state index contributed by atoms with van der Waals surface area (Å²) in [7, 11) is -1.92. The van der Waals surface area contributed by atoms with Gasteiger partial charge in [-0.3, -0.25) is 0 Å². The largest absolute Gasteiger partial charge is 0.383 e. The van der Waals surface area contributed by atoms with E-state index in [1.807, 2.05) is 4.57 Å². The van der Waals surface area contributed by atoms with Crippen LogP contribution >= 0.6 is 11.8 Å². The number of halogens is 1. The fourth-order valence-electron chi connectivity index (χ4n) is 3.94. The highest BCUT2D eigenvalue weighted by Crippen LogP contribution is 2.32. The summed E-state index contributed by atoms with van der Waals surface area (Å²) in [5.41, 5.74) is 0.988. The number of rotatable bonds is 9. The van der Waals surface area contributed by atoms with Crippen molar-refractivity contribution < 1.29 is 17.5 Å². The molecule has 1 atom stereocenters. The Kier molecular flexibility index (Phi) is 7.79. The molecule has 0 aliphatic carbocycles. The number of sulfonamides is 1. The van der Waals surface area contributed by atoms with E-state index in [9.17, 15) is 12.8 Å². The monoisotopic (exact) mass is 490 g/mol. The van der Waals surface area contributed by atoms with E-state index in [0.717, 1.165) is 29.4 Å². The molecule has 1 saturated heterocycles. The first-order chi connectivity index (χ1) is 16.0. The van der Waals surface area contributed by atoms with Gasteiger partial charge in [0, 0.05) is 38.4 Å². The van der Waals surface area contributed by atoms with Crippen molar-refractivity contribution in [2.24, 2.45) is 0 Å². The van der Waals surface area contributed by atoms with E-state index >= 15 is 0 Å². The molecule has 1 fully saturated rings. The van der Waals surface area contributed by atoms with E-state index in [0.29, 0.717) is 36.9 Å². The number of aromatic nitrogens is 3. The van der Waals surface area contributed by atoms with Crippen molar-refractivity contribution in [3.05, 3.63) is 71.8 Å². The first-order valence-electron chi connectivity index (χ1n) is 10.8. The van der Waals surface area contributed by atoms with Crippen LogP contribution in [0.1, 0.15) is 30.1 Å². The van der Waals surface area contributed by atoms with Gasteiger partial charge in [0.15, 0.2) is 5.16 Å². The quantitative estimate of drug-likeness (QED) is 0.423. The summed E-state index contributed by atoms with van der Waals surface area (Å²) >= 11 is 1.52. The summed E-state index contributed by atoms with van der Waals surface area (Å²) in [5.74, 6) is 1.09. The maximum Gasteiger partial charge on any atom is 0.243 e. The van der Waals surface area contributed by atoms with Crippen LogP contribution in [0.3, 0.4) is 0 Å². The minimum absolute atomic E-state index is 0.0539. The molecule has 7 nitrogen and oxygen atoms in total. The van der Waals surface area contributed by atoms with E-state index in [2.05, 4.69) is 10.2 Å². The van der Waals surface area contributed by atoms with Crippen LogP contribution in [0.5, 0.6) is 0 Å². The molecule has 0 saturated carbocycles. The highest BCUT2D eigenvalue weighted by Gasteiger charge is 2.33. The van der Waals surface area contributed by atoms with Gasteiger partial charge >= 0.3 is 0 Å². The number of piperidine rings is 1. The van der Waals surface area contributed by atoms with Gasteiger partial charge in [0.05, 0.1) is 11.5 Å². The van der Waals surface area contributed by atoms with Crippen molar-refractivity contribution in [1.29, 1.82) is 0 Å². The van der Waals surface area contributed by atoms with Crippen LogP contribution in [-0.4, -0.2) is 54.3 Å². The van der Waals surface area contributed by atoms with Crippen LogP contribution in [0, 0.1) is 5.82 Å². The standard InChI is InChI=1S/C23H27FN4O3S2/c1-31-15-14-28-22(25-26-23(28)32-17-18-9-11-20(24)12-10-18)19-6-5-13-27(16-19)33(29,30)21-7-3-2-4-8-21/h2-4,7-12,19H,5-6,13-17H2,1H3/t19-/m0/s1. The minimum atomic E-state index is -3.56. The van der Waals surface area contributed by atoms with E-state index in [1.165, 1.54) is 23.9 Å². The molecule has 0 spiro atoms. The molecule has 0 N–H and O–H groups in total. The van der Waals surface area contributed by atoms with E-state index < -0.39 is 10.0 Å². The number of ether oxygens (including phenoxy) is 1. The van der Waals surface area contributed by atoms with Gasteiger partial charge in [-0.15, -0.1) is 10.2 Å². The summed E-state index contributed by atoms with van der Waals surface area (Å²) < 4.78 is 48.3. The minimum Gasteiger partial charge on any atom is -0.383 e. The molecule has 0 bridgehead atoms. The Morgan fingerprint density at radius 1 is 1.12 bits per heavy atom. The molecular weight excluding hydrogens is 463 g/mol. The van der Waals surface area contributed by atoms with Gasteiger partial charge in [-0.25, -0.2) is 12.8 Å². The second-order valence-corrected chi connectivity index (χ2v) is 10.8. The molecule has 0 amide bonds. The van der Waals surface area contributed by atoms with Crippen molar-refractivity contribution in [3.8, 4) is 0 Å². The second-order valence-electron chi connectivity index (χ2n) is 7.92. The van der Waals surface area contributed by atoms with Crippen molar-refractivity contribution >= 4 is 21.8 Å². The Labute approximate surface area is 198 Å². The lowest BCUT2D eigenvalue weighted by atomic mass is 9.99. The molecule has 10 heteroatoms. The summed E-state index contributed by atoms with van der Waals surface area (Å²) in [5, 5.41) is 9.61. The summed E-state index contributed by atoms with van der Waals surface area (Å²) in [4.78, 5) is 0.307. The molecule has 1 aliphatic heterocycles. The van der Waals surface area contributed by atoms with E-state index in [1.54, 1.807) is 53.9 Å². The summed E-state index contributed by atoms with van der Waals surface area (Å²) in [6.07, 6.45) is 1.60. The average molecular weight is 491 g/mol. The van der Waals surface area contributed by atoms with Gasteiger partial charge in [-0.05, 0) is 42.7 Å². The van der Waals surface area contributed by atoms with Crippen LogP contribution in [0.2, 0.25) is 0 Å². The molecule has 0 unspecified atom stereocenters. The molecule has 3 aromatic rings. The van der Waals surface area contributed by atoms with Gasteiger partial charge in [-0.1, -0.05) is 42.1 Å². The Bertz CT molecular complexity index is 1150. The molecule has 2 heterocycles. The first kappa shape index (κ1) is 23.9. The third-order valence-electron chi connectivity index (χ3n) is 5.68. The summed E-state index contributed by atoms with van der Waals surface area (Å²) in [6.45, 7) is 1.93. The van der Waals surface area contributed by atoms with Crippen molar-refractivity contribution in [1.82, 2.24) is 19.1 Å². The van der Waals surface area contributed by atoms with Crippen LogP contribution in [0.25, 0.3) is 0 Å². The number of methoxy groups -OCH3 is 1. The van der Waals surface area contributed by atoms with Crippen molar-refractivity contribution in [2.45, 2.75) is 41.1 Å². The number of benzene rings is 2. The zero-order valence-corrected chi connectivity index (χ0v) is 20.1. The number of thioether (sulfide) groups is 1. The molecular formula is C23H27FN4O3S2. The van der Waals surface area contributed by atoms with Crippen LogP contribution in [0.4, 0.5) is 4.39 Å². The average Bonchev–Trinajstić information content (AvgIpc) is 3.25. The molecule has 176 valence electrons. The zero-order valence-electron chi connectivity index (χ0n) is 18.4. The smallest absolute Gasteiger partial charge is 0.243 e. The van der Waals surface area contributed by atoms with Crippen LogP contribution < -0.4 is 0 Å². The Morgan fingerprint density at radius 3 is 2.61 bits per heavy atom. The highest BCUT2D eigenvalue weighted by molar-refractivity contribution is 7.98. The maximum absolute atomic E-state index is 13.2. The Balaban J connectivity index is 1.54. The van der Waals surface area contributed by atoms with Crippen molar-refractivity contribution in [3.63, 3.8) is 0 Å². The second kappa shape index (κ2) is 10.8. The number of hydrogen-bond donors (Lipinski definition) is 0. The van der Waals surface area contributed by atoms with Crippen LogP contribution in [0.15, 0.2) is 64.6 Å². The molecule has 0 radical (unpaired) electrons. The SMILES string of the molecule is COCCn1c(SCc2ccc(F)cc2)nnc1[C@H]1CCCN(S(=O)(=O)c2ccccc2)C1. The number of nitrogens with zero attached hydrogens (tertiary/aromatic N) is 4. The van der Waals surface area contributed by atoms with Gasteiger partial charge in [0.2, 0.25) is 10.0 Å². The van der Waals surface area contributed by atoms with E-state index in [-0.39, 0.29) is 11.7 Å². The van der Waals surface area contributed by atoms with E-state index in [4.69, 9.17) is 4.74 Å². The predicted octanol–water partition coefficient (Wildman–Crippen LogP) is 3.92. The lowest BCUT2D eigenvalue weighted by Gasteiger charge is -2.31. The van der Waals surface area contributed by atoms with Gasteiger partial charge in [-0.2, -0.15) is 4.31 Å². The fourth-order valence-corrected chi connectivity index (χ4v) is 6.42. The van der Waals surface area contributed by atoms with Gasteiger partial charge in [0.25, 0.3) is 0 Å². The van der Waals surface area contributed by atoms with Gasteiger partial charge < -0.3 is 9.30 Å². The molecule has 1 aliphatic rings. The summed E-state index contributed by atoms with van der Waals surface area (Å²) in [6, 6.07) is 14.9. The molecule has 4 rings (SSSR count). The third-order valence-corrected chi connectivity index (χ3v) is 8.59. The highest BCUT2D eigenvalue weighted by atomic mass is 32.2. The normalized spacial score (nSPS) is 17.3. The Morgan fingerprint density at radius 2 is 1.88 bits per heavy atom.